The molecule has 0 amide bonds. The summed E-state index contributed by atoms with van der Waals surface area (Å²) in [6.07, 6.45) is 4.00. The molecule has 3 heteroatoms. The van der Waals surface area contributed by atoms with Crippen LogP contribution < -0.4 is 5.36 Å². The number of aromatic nitrogens is 1. The number of nitrogens with zero attached hydrogens (tertiary/aromatic N) is 3. The quantitative estimate of drug-likeness (QED) is 0.727. The van der Waals surface area contributed by atoms with E-state index in [1.54, 1.807) is 0 Å². The third-order valence-corrected chi connectivity index (χ3v) is 3.65. The van der Waals surface area contributed by atoms with E-state index < -0.39 is 0 Å². The Kier molecular flexibility index (Phi) is 4.66. The van der Waals surface area contributed by atoms with E-state index in [-0.39, 0.29) is 0 Å². The van der Waals surface area contributed by atoms with E-state index >= 15 is 0 Å². The Morgan fingerprint density at radius 2 is 1.57 bits per heavy atom. The second-order valence-corrected chi connectivity index (χ2v) is 5.30. The van der Waals surface area contributed by atoms with Gasteiger partial charge in [0, 0.05) is 18.9 Å². The van der Waals surface area contributed by atoms with Crippen molar-refractivity contribution in [1.29, 1.82) is 5.26 Å². The summed E-state index contributed by atoms with van der Waals surface area (Å²) >= 11 is 0. The highest BCUT2D eigenvalue weighted by molar-refractivity contribution is 5.37. The van der Waals surface area contributed by atoms with Crippen molar-refractivity contribution in [3.8, 4) is 6.07 Å². The number of rotatable bonds is 4. The molecule has 0 saturated heterocycles. The van der Waals surface area contributed by atoms with Crippen LogP contribution in [0.25, 0.3) is 0 Å². The van der Waals surface area contributed by atoms with Gasteiger partial charge in [-0.1, -0.05) is 48.5 Å². The zero-order valence-corrected chi connectivity index (χ0v) is 12.8. The van der Waals surface area contributed by atoms with Crippen molar-refractivity contribution in [2.75, 3.05) is 0 Å². The van der Waals surface area contributed by atoms with E-state index in [1.807, 2.05) is 67.0 Å². The normalized spacial score (nSPS) is 10.0. The molecule has 0 spiro atoms. The summed E-state index contributed by atoms with van der Waals surface area (Å²) in [6, 6.07) is 24.1. The van der Waals surface area contributed by atoms with E-state index in [4.69, 9.17) is 5.26 Å². The molecule has 0 atom stereocenters. The maximum Gasteiger partial charge on any atom is 0.0995 e. The molecule has 1 heterocycles. The predicted octanol–water partition coefficient (Wildman–Crippen LogP) is 3.51. The highest BCUT2D eigenvalue weighted by atomic mass is 14.9. The summed E-state index contributed by atoms with van der Waals surface area (Å²) in [7, 11) is 0. The molecule has 0 saturated carbocycles. The minimum Gasteiger partial charge on any atom is -0.350 e. The lowest BCUT2D eigenvalue weighted by Crippen LogP contribution is -2.07. The molecule has 2 aromatic carbocycles. The molecule has 0 aliphatic rings. The van der Waals surface area contributed by atoms with Crippen LogP contribution in [0.3, 0.4) is 0 Å². The summed E-state index contributed by atoms with van der Waals surface area (Å²) < 4.78 is 2.05. The van der Waals surface area contributed by atoms with Crippen molar-refractivity contribution in [3.63, 3.8) is 0 Å². The van der Waals surface area contributed by atoms with Gasteiger partial charge >= 0.3 is 0 Å². The highest BCUT2D eigenvalue weighted by Crippen LogP contribution is 2.08. The molecule has 0 N–H and O–H groups in total. The maximum atomic E-state index is 9.14. The molecule has 3 rings (SSSR count). The third kappa shape index (κ3) is 3.96. The van der Waals surface area contributed by atoms with Crippen LogP contribution in [0.15, 0.2) is 84.1 Å². The molecule has 112 valence electrons. The molecule has 3 aromatic rings. The van der Waals surface area contributed by atoms with E-state index in [1.165, 1.54) is 5.56 Å². The second-order valence-electron chi connectivity index (χ2n) is 5.30. The first kappa shape index (κ1) is 14.8. The molecule has 3 nitrogen and oxygen atoms in total. The Bertz CT molecular complexity index is 866. The fourth-order valence-electron chi connectivity index (χ4n) is 2.39. The fourth-order valence-corrected chi connectivity index (χ4v) is 2.39. The lowest BCUT2D eigenvalue weighted by molar-refractivity contribution is 0.783. The molecular weight excluding hydrogens is 282 g/mol. The minimum atomic E-state index is 0.683. The minimum absolute atomic E-state index is 0.683. The molecule has 0 fully saturated rings. The van der Waals surface area contributed by atoms with E-state index in [2.05, 4.69) is 27.8 Å². The van der Waals surface area contributed by atoms with Crippen LogP contribution >= 0.6 is 0 Å². The second kappa shape index (κ2) is 7.24. The van der Waals surface area contributed by atoms with Crippen molar-refractivity contribution in [3.05, 3.63) is 101 Å². The van der Waals surface area contributed by atoms with E-state index in [9.17, 15) is 0 Å². The summed E-state index contributed by atoms with van der Waals surface area (Å²) in [4.78, 5) is 4.59. The fraction of sp³-hybridized carbons (Fsp3) is 0.100. The Labute approximate surface area is 135 Å². The standard InChI is InChI=1S/C20H17N3/c21-14-18-8-4-5-9-19(18)16-23-12-10-20(11-13-23)22-15-17-6-2-1-3-7-17/h1-13H,15-16H2. The summed E-state index contributed by atoms with van der Waals surface area (Å²) in [5.74, 6) is 0. The average molecular weight is 299 g/mol. The number of nitriles is 1. The van der Waals surface area contributed by atoms with Crippen molar-refractivity contribution < 1.29 is 0 Å². The van der Waals surface area contributed by atoms with Gasteiger partial charge in [0.1, 0.15) is 0 Å². The van der Waals surface area contributed by atoms with Crippen molar-refractivity contribution in [1.82, 2.24) is 4.57 Å². The van der Waals surface area contributed by atoms with Crippen LogP contribution in [-0.2, 0) is 13.1 Å². The molecule has 0 unspecified atom stereocenters. The number of pyridine rings is 1. The van der Waals surface area contributed by atoms with Gasteiger partial charge in [0.25, 0.3) is 0 Å². The summed E-state index contributed by atoms with van der Waals surface area (Å²) in [5, 5.41) is 10.1. The van der Waals surface area contributed by atoms with Gasteiger partial charge in [0.15, 0.2) is 0 Å². The predicted molar refractivity (Wildman–Crippen MR) is 90.4 cm³/mol. The van der Waals surface area contributed by atoms with Crippen molar-refractivity contribution in [2.24, 2.45) is 4.99 Å². The Hall–Kier alpha value is -3.12. The molecule has 0 aliphatic heterocycles. The monoisotopic (exact) mass is 299 g/mol. The maximum absolute atomic E-state index is 9.14. The van der Waals surface area contributed by atoms with Crippen LogP contribution in [0.1, 0.15) is 16.7 Å². The van der Waals surface area contributed by atoms with E-state index in [0.29, 0.717) is 13.1 Å². The van der Waals surface area contributed by atoms with Gasteiger partial charge in [-0.2, -0.15) is 5.26 Å². The van der Waals surface area contributed by atoms with Crippen molar-refractivity contribution in [2.45, 2.75) is 13.1 Å². The molecule has 0 bridgehead atoms. The van der Waals surface area contributed by atoms with E-state index in [0.717, 1.165) is 16.5 Å². The van der Waals surface area contributed by atoms with Crippen LogP contribution in [0, 0.1) is 11.3 Å². The number of hydrogen-bond donors (Lipinski definition) is 0. The first-order valence-electron chi connectivity index (χ1n) is 7.54. The highest BCUT2D eigenvalue weighted by Gasteiger charge is 2.00. The smallest absolute Gasteiger partial charge is 0.0995 e. The van der Waals surface area contributed by atoms with Gasteiger partial charge in [0.2, 0.25) is 0 Å². The van der Waals surface area contributed by atoms with Gasteiger partial charge in [-0.05, 0) is 29.3 Å². The molecule has 1 aromatic heterocycles. The molecule has 0 radical (unpaired) electrons. The van der Waals surface area contributed by atoms with Crippen molar-refractivity contribution >= 4 is 0 Å². The topological polar surface area (TPSA) is 41.1 Å². The zero-order chi connectivity index (χ0) is 15.9. The first-order valence-corrected chi connectivity index (χ1v) is 7.54. The molecular formula is C20H17N3. The van der Waals surface area contributed by atoms with Crippen LogP contribution in [0.2, 0.25) is 0 Å². The Morgan fingerprint density at radius 3 is 2.30 bits per heavy atom. The number of benzene rings is 2. The van der Waals surface area contributed by atoms with Gasteiger partial charge < -0.3 is 4.57 Å². The average Bonchev–Trinajstić information content (AvgIpc) is 2.62. The SMILES string of the molecule is N#Cc1ccccc1Cn1ccc(=NCc2ccccc2)cc1. The van der Waals surface area contributed by atoms with Crippen LogP contribution in [0.5, 0.6) is 0 Å². The lowest BCUT2D eigenvalue weighted by Gasteiger charge is -2.07. The lowest BCUT2D eigenvalue weighted by atomic mass is 10.1. The van der Waals surface area contributed by atoms with Crippen LogP contribution in [0.4, 0.5) is 0 Å². The molecule has 0 aliphatic carbocycles. The van der Waals surface area contributed by atoms with Gasteiger partial charge in [-0.25, -0.2) is 0 Å². The summed E-state index contributed by atoms with van der Waals surface area (Å²) in [5.41, 5.74) is 2.94. The number of hydrogen-bond acceptors (Lipinski definition) is 2. The zero-order valence-electron chi connectivity index (χ0n) is 12.8. The Morgan fingerprint density at radius 1 is 0.870 bits per heavy atom. The van der Waals surface area contributed by atoms with Gasteiger partial charge in [0.05, 0.1) is 23.5 Å². The summed E-state index contributed by atoms with van der Waals surface area (Å²) in [6.45, 7) is 1.37. The van der Waals surface area contributed by atoms with Crippen LogP contribution in [-0.4, -0.2) is 4.57 Å². The van der Waals surface area contributed by atoms with Gasteiger partial charge in [-0.15, -0.1) is 0 Å². The molecule has 23 heavy (non-hydrogen) atoms. The van der Waals surface area contributed by atoms with Gasteiger partial charge in [-0.3, -0.25) is 4.99 Å². The Balaban J connectivity index is 1.73. The third-order valence-electron chi connectivity index (χ3n) is 3.65. The first-order chi connectivity index (χ1) is 11.3. The largest absolute Gasteiger partial charge is 0.350 e.